The molecule has 1 rings (SSSR count). The lowest BCUT2D eigenvalue weighted by atomic mass is 10.2. The Kier molecular flexibility index (Phi) is 5.69. The number of anilines is 1. The summed E-state index contributed by atoms with van der Waals surface area (Å²) in [7, 11) is 0. The molecule has 1 aromatic carbocycles. The second kappa shape index (κ2) is 7.10. The minimum Gasteiger partial charge on any atom is -0.390 e. The quantitative estimate of drug-likeness (QED) is 0.772. The molecular formula is C12H15ClN2O. The van der Waals surface area contributed by atoms with Crippen molar-refractivity contribution in [3.63, 3.8) is 0 Å². The summed E-state index contributed by atoms with van der Waals surface area (Å²) < 4.78 is 0. The Morgan fingerprint density at radius 1 is 1.38 bits per heavy atom. The standard InChI is InChI=1S/C12H15ClN2O/c13-9-12(16)10-15(8-4-7-14)11-5-2-1-3-6-11/h1-3,5-6,12,16H,4,8-10H2. The van der Waals surface area contributed by atoms with Crippen LogP contribution in [0.2, 0.25) is 0 Å². The number of nitriles is 1. The van der Waals surface area contributed by atoms with E-state index in [1.54, 1.807) is 0 Å². The van der Waals surface area contributed by atoms with E-state index >= 15 is 0 Å². The summed E-state index contributed by atoms with van der Waals surface area (Å²) in [5.41, 5.74) is 1.00. The average Bonchev–Trinajstić information content (AvgIpc) is 2.35. The van der Waals surface area contributed by atoms with Crippen LogP contribution in [0.3, 0.4) is 0 Å². The van der Waals surface area contributed by atoms with Gasteiger partial charge in [0.1, 0.15) is 0 Å². The second-order valence-electron chi connectivity index (χ2n) is 3.50. The van der Waals surface area contributed by atoms with Crippen molar-refractivity contribution in [2.45, 2.75) is 12.5 Å². The maximum atomic E-state index is 9.53. The van der Waals surface area contributed by atoms with Gasteiger partial charge >= 0.3 is 0 Å². The van der Waals surface area contributed by atoms with Crippen molar-refractivity contribution in [3.05, 3.63) is 30.3 Å². The van der Waals surface area contributed by atoms with E-state index in [9.17, 15) is 5.11 Å². The third-order valence-electron chi connectivity index (χ3n) is 2.22. The number of hydrogen-bond acceptors (Lipinski definition) is 3. The lowest BCUT2D eigenvalue weighted by Gasteiger charge is -2.25. The summed E-state index contributed by atoms with van der Waals surface area (Å²) in [6.07, 6.45) is -0.134. The average molecular weight is 239 g/mol. The molecule has 0 aromatic heterocycles. The summed E-state index contributed by atoms with van der Waals surface area (Å²) in [5, 5.41) is 18.1. The fraction of sp³-hybridized carbons (Fsp3) is 0.417. The van der Waals surface area contributed by atoms with Crippen LogP contribution in [0.1, 0.15) is 6.42 Å². The van der Waals surface area contributed by atoms with Crippen LogP contribution in [0.4, 0.5) is 5.69 Å². The molecule has 1 aromatic rings. The molecule has 0 amide bonds. The summed E-state index contributed by atoms with van der Waals surface area (Å²) in [6, 6.07) is 11.8. The topological polar surface area (TPSA) is 47.3 Å². The maximum Gasteiger partial charge on any atom is 0.0850 e. The molecule has 0 aliphatic rings. The van der Waals surface area contributed by atoms with Gasteiger partial charge in [-0.15, -0.1) is 11.6 Å². The summed E-state index contributed by atoms with van der Waals surface area (Å²) >= 11 is 5.58. The zero-order valence-electron chi connectivity index (χ0n) is 9.01. The second-order valence-corrected chi connectivity index (χ2v) is 3.81. The third-order valence-corrected chi connectivity index (χ3v) is 2.58. The maximum absolute atomic E-state index is 9.53. The SMILES string of the molecule is N#CCCN(CC(O)CCl)c1ccccc1. The van der Waals surface area contributed by atoms with Crippen molar-refractivity contribution in [2.75, 3.05) is 23.9 Å². The summed E-state index contributed by atoms with van der Waals surface area (Å²) in [4.78, 5) is 1.97. The van der Waals surface area contributed by atoms with Gasteiger partial charge in [0.25, 0.3) is 0 Å². The van der Waals surface area contributed by atoms with Gasteiger partial charge in [-0.1, -0.05) is 18.2 Å². The molecule has 1 unspecified atom stereocenters. The van der Waals surface area contributed by atoms with Gasteiger partial charge < -0.3 is 10.0 Å². The monoisotopic (exact) mass is 238 g/mol. The van der Waals surface area contributed by atoms with E-state index in [0.717, 1.165) is 5.69 Å². The molecule has 0 fully saturated rings. The Hall–Kier alpha value is -1.24. The van der Waals surface area contributed by atoms with Crippen molar-refractivity contribution in [3.8, 4) is 6.07 Å². The number of nitrogens with zero attached hydrogens (tertiary/aromatic N) is 2. The van der Waals surface area contributed by atoms with Gasteiger partial charge in [-0.2, -0.15) is 5.26 Å². The van der Waals surface area contributed by atoms with Crippen LogP contribution in [0, 0.1) is 11.3 Å². The molecule has 86 valence electrons. The number of halogens is 1. The Morgan fingerprint density at radius 2 is 2.06 bits per heavy atom. The molecule has 3 nitrogen and oxygen atoms in total. The molecule has 0 saturated heterocycles. The zero-order valence-corrected chi connectivity index (χ0v) is 9.77. The van der Waals surface area contributed by atoms with Crippen molar-refractivity contribution in [2.24, 2.45) is 0 Å². The first-order valence-electron chi connectivity index (χ1n) is 5.19. The number of para-hydroxylation sites is 1. The van der Waals surface area contributed by atoms with Crippen LogP contribution < -0.4 is 4.90 Å². The largest absolute Gasteiger partial charge is 0.390 e. The molecular weight excluding hydrogens is 224 g/mol. The van der Waals surface area contributed by atoms with E-state index in [-0.39, 0.29) is 5.88 Å². The van der Waals surface area contributed by atoms with E-state index in [0.29, 0.717) is 19.5 Å². The van der Waals surface area contributed by atoms with Crippen LogP contribution in [-0.4, -0.2) is 30.2 Å². The zero-order chi connectivity index (χ0) is 11.8. The molecule has 0 aliphatic carbocycles. The Labute approximate surface area is 101 Å². The highest BCUT2D eigenvalue weighted by atomic mass is 35.5. The molecule has 0 bridgehead atoms. The van der Waals surface area contributed by atoms with Crippen LogP contribution in [0.25, 0.3) is 0 Å². The lowest BCUT2D eigenvalue weighted by molar-refractivity contribution is 0.203. The molecule has 0 saturated carbocycles. The molecule has 1 atom stereocenters. The first-order chi connectivity index (χ1) is 7.77. The van der Waals surface area contributed by atoms with Crippen LogP contribution in [0.5, 0.6) is 0 Å². The molecule has 0 heterocycles. The van der Waals surface area contributed by atoms with E-state index in [1.165, 1.54) is 0 Å². The smallest absolute Gasteiger partial charge is 0.0850 e. The molecule has 4 heteroatoms. The van der Waals surface area contributed by atoms with Gasteiger partial charge in [-0.25, -0.2) is 0 Å². The van der Waals surface area contributed by atoms with Gasteiger partial charge in [-0.05, 0) is 12.1 Å². The number of rotatable bonds is 6. The highest BCUT2D eigenvalue weighted by Gasteiger charge is 2.10. The van der Waals surface area contributed by atoms with E-state index in [1.807, 2.05) is 35.2 Å². The first-order valence-corrected chi connectivity index (χ1v) is 5.72. The normalized spacial score (nSPS) is 11.8. The fourth-order valence-electron chi connectivity index (χ4n) is 1.45. The number of aliphatic hydroxyl groups is 1. The lowest BCUT2D eigenvalue weighted by Crippen LogP contribution is -2.34. The number of benzene rings is 1. The molecule has 1 N–H and O–H groups in total. The Balaban J connectivity index is 2.68. The van der Waals surface area contributed by atoms with E-state index < -0.39 is 6.10 Å². The van der Waals surface area contributed by atoms with Crippen molar-refractivity contribution in [1.82, 2.24) is 0 Å². The molecule has 0 spiro atoms. The Bertz CT molecular complexity index is 337. The minimum atomic E-state index is -0.569. The number of alkyl halides is 1. The highest BCUT2D eigenvalue weighted by Crippen LogP contribution is 2.14. The van der Waals surface area contributed by atoms with Gasteiger partial charge in [0.2, 0.25) is 0 Å². The van der Waals surface area contributed by atoms with E-state index in [4.69, 9.17) is 16.9 Å². The van der Waals surface area contributed by atoms with Crippen molar-refractivity contribution >= 4 is 17.3 Å². The van der Waals surface area contributed by atoms with Crippen LogP contribution in [-0.2, 0) is 0 Å². The fourth-order valence-corrected chi connectivity index (χ4v) is 1.55. The Morgan fingerprint density at radius 3 is 2.62 bits per heavy atom. The van der Waals surface area contributed by atoms with Crippen LogP contribution in [0.15, 0.2) is 30.3 Å². The van der Waals surface area contributed by atoms with Crippen molar-refractivity contribution in [1.29, 1.82) is 5.26 Å². The first kappa shape index (κ1) is 12.8. The van der Waals surface area contributed by atoms with Gasteiger partial charge in [-0.3, -0.25) is 0 Å². The summed E-state index contributed by atoms with van der Waals surface area (Å²) in [5.74, 6) is 0.204. The number of aliphatic hydroxyl groups excluding tert-OH is 1. The minimum absolute atomic E-state index is 0.204. The van der Waals surface area contributed by atoms with Gasteiger partial charge in [0, 0.05) is 18.8 Å². The number of hydrogen-bond donors (Lipinski definition) is 1. The predicted octanol–water partition coefficient (Wildman–Crippen LogP) is 2.01. The molecule has 0 aliphatic heterocycles. The van der Waals surface area contributed by atoms with E-state index in [2.05, 4.69) is 6.07 Å². The van der Waals surface area contributed by atoms with Crippen molar-refractivity contribution < 1.29 is 5.11 Å². The molecule has 16 heavy (non-hydrogen) atoms. The third kappa shape index (κ3) is 4.09. The highest BCUT2D eigenvalue weighted by molar-refractivity contribution is 6.18. The van der Waals surface area contributed by atoms with Gasteiger partial charge in [0.05, 0.1) is 24.5 Å². The summed E-state index contributed by atoms with van der Waals surface area (Å²) in [6.45, 7) is 1.06. The molecule has 0 radical (unpaired) electrons. The van der Waals surface area contributed by atoms with Gasteiger partial charge in [0.15, 0.2) is 0 Å². The predicted molar refractivity (Wildman–Crippen MR) is 65.6 cm³/mol. The van der Waals surface area contributed by atoms with Crippen LogP contribution >= 0.6 is 11.6 Å².